The zero-order chi connectivity index (χ0) is 17.5. The lowest BCUT2D eigenvalue weighted by atomic mass is 9.89. The van der Waals surface area contributed by atoms with E-state index < -0.39 is 0 Å². The molecule has 0 spiro atoms. The second-order valence-corrected chi connectivity index (χ2v) is 8.14. The van der Waals surface area contributed by atoms with Crippen LogP contribution in [0.5, 0.6) is 0 Å². The topological polar surface area (TPSA) is 20.3 Å². The molecule has 0 unspecified atom stereocenters. The zero-order valence-corrected chi connectivity index (χ0v) is 15.8. The molecular weight excluding hydrogens is 326 g/mol. The number of thioether (sulfide) groups is 1. The second-order valence-electron chi connectivity index (χ2n) is 6.94. The Morgan fingerprint density at radius 1 is 1.08 bits per heavy atom. The van der Waals surface area contributed by atoms with Crippen molar-refractivity contribution in [2.75, 3.05) is 25.4 Å². The number of hydrogen-bond acceptors (Lipinski definition) is 3. The lowest BCUT2D eigenvalue weighted by Gasteiger charge is -2.35. The van der Waals surface area contributed by atoms with E-state index in [2.05, 4.69) is 65.6 Å². The van der Waals surface area contributed by atoms with Crippen LogP contribution in [0.1, 0.15) is 36.8 Å². The Morgan fingerprint density at radius 3 is 2.24 bits per heavy atom. The van der Waals surface area contributed by atoms with Crippen molar-refractivity contribution in [3.8, 4) is 0 Å². The van der Waals surface area contributed by atoms with Crippen molar-refractivity contribution in [3.63, 3.8) is 0 Å². The summed E-state index contributed by atoms with van der Waals surface area (Å²) in [4.78, 5) is 13.9. The molecule has 0 N–H and O–H groups in total. The van der Waals surface area contributed by atoms with Gasteiger partial charge in [0.15, 0.2) is 5.12 Å². The molecule has 25 heavy (non-hydrogen) atoms. The summed E-state index contributed by atoms with van der Waals surface area (Å²) in [5.74, 6) is 2.00. The Balaban J connectivity index is 1.71. The molecule has 2 nitrogen and oxygen atoms in total. The molecular formula is C22H27NOS. The molecule has 3 rings (SSSR count). The number of nitrogens with zero attached hydrogens (tertiary/aromatic N) is 1. The average molecular weight is 354 g/mol. The SMILES string of the molecule is CC(=O)SC[C@H]1CCCN(CC(c2ccccc2)c2ccccc2)C1. The van der Waals surface area contributed by atoms with Gasteiger partial charge in [0, 0.05) is 31.7 Å². The summed E-state index contributed by atoms with van der Waals surface area (Å²) in [7, 11) is 0. The summed E-state index contributed by atoms with van der Waals surface area (Å²) >= 11 is 1.49. The van der Waals surface area contributed by atoms with Crippen LogP contribution in [0, 0.1) is 5.92 Å². The Hall–Kier alpha value is -1.58. The molecule has 2 aromatic rings. The summed E-state index contributed by atoms with van der Waals surface area (Å²) in [6.07, 6.45) is 2.48. The van der Waals surface area contributed by atoms with Crippen molar-refractivity contribution in [1.82, 2.24) is 4.90 Å². The molecule has 2 aromatic carbocycles. The molecule has 0 radical (unpaired) electrons. The maximum Gasteiger partial charge on any atom is 0.185 e. The first-order valence-corrected chi connectivity index (χ1v) is 10.2. The molecule has 0 bridgehead atoms. The van der Waals surface area contributed by atoms with Crippen LogP contribution in [0.2, 0.25) is 0 Å². The minimum atomic E-state index is 0.239. The molecule has 0 saturated carbocycles. The number of carbonyl (C=O) groups is 1. The summed E-state index contributed by atoms with van der Waals surface area (Å²) in [5, 5.41) is 0.239. The van der Waals surface area contributed by atoms with Gasteiger partial charge in [-0.25, -0.2) is 0 Å². The largest absolute Gasteiger partial charge is 0.302 e. The Labute approximate surface area is 155 Å². The van der Waals surface area contributed by atoms with Crippen LogP contribution in [-0.4, -0.2) is 35.4 Å². The Bertz CT molecular complexity index is 619. The first-order valence-electron chi connectivity index (χ1n) is 9.18. The Morgan fingerprint density at radius 2 is 1.68 bits per heavy atom. The molecule has 0 amide bonds. The highest BCUT2D eigenvalue weighted by Gasteiger charge is 2.24. The van der Waals surface area contributed by atoms with Gasteiger partial charge in [-0.2, -0.15) is 0 Å². The van der Waals surface area contributed by atoms with Crippen LogP contribution in [0.25, 0.3) is 0 Å². The monoisotopic (exact) mass is 353 g/mol. The van der Waals surface area contributed by atoms with Crippen molar-refractivity contribution in [2.24, 2.45) is 5.92 Å². The molecule has 0 aliphatic carbocycles. The molecule has 1 aliphatic rings. The fourth-order valence-electron chi connectivity index (χ4n) is 3.72. The van der Waals surface area contributed by atoms with Crippen molar-refractivity contribution >= 4 is 16.9 Å². The van der Waals surface area contributed by atoms with Crippen LogP contribution >= 0.6 is 11.8 Å². The Kier molecular flexibility index (Phi) is 6.71. The molecule has 3 heteroatoms. The van der Waals surface area contributed by atoms with Gasteiger partial charge >= 0.3 is 0 Å². The number of carbonyl (C=O) groups excluding carboxylic acids is 1. The van der Waals surface area contributed by atoms with Gasteiger partial charge in [0.05, 0.1) is 0 Å². The predicted molar refractivity (Wildman–Crippen MR) is 107 cm³/mol. The van der Waals surface area contributed by atoms with Gasteiger partial charge in [-0.1, -0.05) is 72.4 Å². The third-order valence-corrected chi connectivity index (χ3v) is 6.01. The normalized spacial score (nSPS) is 18.4. The number of piperidine rings is 1. The van der Waals surface area contributed by atoms with Gasteiger partial charge in [0.1, 0.15) is 0 Å². The van der Waals surface area contributed by atoms with Gasteiger partial charge in [-0.05, 0) is 36.4 Å². The molecule has 1 atom stereocenters. The first kappa shape index (κ1) is 18.2. The molecule has 1 fully saturated rings. The average Bonchev–Trinajstić information content (AvgIpc) is 2.66. The summed E-state index contributed by atoms with van der Waals surface area (Å²) in [6, 6.07) is 21.7. The van der Waals surface area contributed by atoms with Gasteiger partial charge in [-0.3, -0.25) is 4.79 Å². The van der Waals surface area contributed by atoms with Crippen molar-refractivity contribution in [3.05, 3.63) is 71.8 Å². The summed E-state index contributed by atoms with van der Waals surface area (Å²) < 4.78 is 0. The zero-order valence-electron chi connectivity index (χ0n) is 14.9. The minimum absolute atomic E-state index is 0.239. The maximum absolute atomic E-state index is 11.3. The van der Waals surface area contributed by atoms with E-state index in [-0.39, 0.29) is 5.12 Å². The smallest absolute Gasteiger partial charge is 0.185 e. The van der Waals surface area contributed by atoms with Crippen LogP contribution in [0.3, 0.4) is 0 Å². The molecule has 132 valence electrons. The molecule has 1 heterocycles. The highest BCUT2D eigenvalue weighted by Crippen LogP contribution is 2.28. The second kappa shape index (κ2) is 9.21. The van der Waals surface area contributed by atoms with E-state index in [1.807, 2.05) is 0 Å². The maximum atomic E-state index is 11.3. The van der Waals surface area contributed by atoms with Crippen LogP contribution in [-0.2, 0) is 4.79 Å². The van der Waals surface area contributed by atoms with E-state index in [4.69, 9.17) is 0 Å². The van der Waals surface area contributed by atoms with Crippen LogP contribution < -0.4 is 0 Å². The summed E-state index contributed by atoms with van der Waals surface area (Å²) in [6.45, 7) is 5.00. The van der Waals surface area contributed by atoms with E-state index in [1.54, 1.807) is 6.92 Å². The highest BCUT2D eigenvalue weighted by atomic mass is 32.2. The van der Waals surface area contributed by atoms with Crippen molar-refractivity contribution in [1.29, 1.82) is 0 Å². The van der Waals surface area contributed by atoms with E-state index in [1.165, 1.54) is 35.7 Å². The number of hydrogen-bond donors (Lipinski definition) is 0. The van der Waals surface area contributed by atoms with E-state index in [0.717, 1.165) is 25.4 Å². The van der Waals surface area contributed by atoms with Gasteiger partial charge in [0.2, 0.25) is 0 Å². The molecule has 1 aliphatic heterocycles. The van der Waals surface area contributed by atoms with Crippen molar-refractivity contribution in [2.45, 2.75) is 25.7 Å². The lowest BCUT2D eigenvalue weighted by molar-refractivity contribution is -0.109. The highest BCUT2D eigenvalue weighted by molar-refractivity contribution is 8.13. The van der Waals surface area contributed by atoms with Crippen LogP contribution in [0.4, 0.5) is 0 Å². The van der Waals surface area contributed by atoms with Crippen molar-refractivity contribution < 1.29 is 4.79 Å². The van der Waals surface area contributed by atoms with Gasteiger partial charge < -0.3 is 4.90 Å². The number of benzene rings is 2. The molecule has 1 saturated heterocycles. The minimum Gasteiger partial charge on any atom is -0.302 e. The third kappa shape index (κ3) is 5.45. The van der Waals surface area contributed by atoms with Gasteiger partial charge in [0.25, 0.3) is 0 Å². The fourth-order valence-corrected chi connectivity index (χ4v) is 4.46. The number of likely N-dealkylation sites (tertiary alicyclic amines) is 1. The standard InChI is InChI=1S/C22H27NOS/c1-18(24)25-17-19-9-8-14-23(15-19)16-22(20-10-4-2-5-11-20)21-12-6-3-7-13-21/h2-7,10-13,19,22H,8-9,14-17H2,1H3/t19-/m0/s1. The third-order valence-electron chi connectivity index (χ3n) is 4.97. The van der Waals surface area contributed by atoms with E-state index >= 15 is 0 Å². The quantitative estimate of drug-likeness (QED) is 0.743. The van der Waals surface area contributed by atoms with E-state index in [9.17, 15) is 4.79 Å². The fraction of sp³-hybridized carbons (Fsp3) is 0.409. The van der Waals surface area contributed by atoms with Crippen LogP contribution in [0.15, 0.2) is 60.7 Å². The van der Waals surface area contributed by atoms with Gasteiger partial charge in [-0.15, -0.1) is 0 Å². The molecule has 0 aromatic heterocycles. The predicted octanol–water partition coefficient (Wildman–Crippen LogP) is 4.81. The lowest BCUT2D eigenvalue weighted by Crippen LogP contribution is -2.39. The first-order chi connectivity index (χ1) is 12.2. The van der Waals surface area contributed by atoms with E-state index in [0.29, 0.717) is 11.8 Å². The number of rotatable bonds is 6. The summed E-state index contributed by atoms with van der Waals surface area (Å²) in [5.41, 5.74) is 2.77.